The Morgan fingerprint density at radius 2 is 1.53 bits per heavy atom. The molecule has 0 aliphatic heterocycles. The van der Waals surface area contributed by atoms with E-state index >= 15 is 0 Å². The zero-order chi connectivity index (χ0) is 24.1. The van der Waals surface area contributed by atoms with E-state index in [1.165, 1.54) is 0 Å². The van der Waals surface area contributed by atoms with Crippen LogP contribution in [0.25, 0.3) is 11.0 Å². The number of anilines is 2. The first-order valence-electron chi connectivity index (χ1n) is 11.0. The first-order valence-corrected chi connectivity index (χ1v) is 11.0. The predicted molar refractivity (Wildman–Crippen MR) is 133 cm³/mol. The van der Waals surface area contributed by atoms with Gasteiger partial charge in [-0.15, -0.1) is 0 Å². The molecule has 0 unspecified atom stereocenters. The number of hydrogen-bond acceptors (Lipinski definition) is 8. The van der Waals surface area contributed by atoms with Gasteiger partial charge in [0.25, 0.3) is 0 Å². The van der Waals surface area contributed by atoms with Crippen LogP contribution >= 0.6 is 0 Å². The number of aliphatic hydroxyl groups is 1. The second-order valence-electron chi connectivity index (χ2n) is 8.45. The summed E-state index contributed by atoms with van der Waals surface area (Å²) in [6, 6.07) is 17.4. The molecule has 0 spiro atoms. The lowest BCUT2D eigenvalue weighted by atomic mass is 9.97. The summed E-state index contributed by atoms with van der Waals surface area (Å²) in [5, 5.41) is 17.7. The fraction of sp³-hybridized carbons (Fsp3) is 0.269. The maximum absolute atomic E-state index is 10.1. The molecule has 0 aliphatic rings. The summed E-state index contributed by atoms with van der Waals surface area (Å²) in [5.74, 6) is 2.61. The Kier molecular flexibility index (Phi) is 6.79. The van der Waals surface area contributed by atoms with Gasteiger partial charge in [0.05, 0.1) is 25.2 Å². The molecular formula is C26H29N5O3. The number of nitrogens with one attached hydrogen (secondary N) is 2. The van der Waals surface area contributed by atoms with Crippen molar-refractivity contribution in [1.29, 1.82) is 0 Å². The van der Waals surface area contributed by atoms with Crippen LogP contribution in [-0.4, -0.2) is 34.3 Å². The molecule has 2 aromatic heterocycles. The number of nitrogens with zero attached hydrogens (tertiary/aromatic N) is 3. The minimum atomic E-state index is -0.869. The van der Waals surface area contributed by atoms with Gasteiger partial charge in [-0.3, -0.25) is 0 Å². The molecule has 0 bridgehead atoms. The minimum Gasteiger partial charge on any atom is -0.497 e. The number of aromatic nitrogens is 3. The summed E-state index contributed by atoms with van der Waals surface area (Å²) in [6.45, 7) is 4.60. The molecule has 0 aliphatic carbocycles. The average Bonchev–Trinajstić information content (AvgIpc) is 2.85. The topological polar surface area (TPSA) is 101 Å². The van der Waals surface area contributed by atoms with Crippen molar-refractivity contribution in [3.8, 4) is 11.5 Å². The van der Waals surface area contributed by atoms with Gasteiger partial charge in [0.2, 0.25) is 5.95 Å². The molecule has 0 radical (unpaired) electrons. The van der Waals surface area contributed by atoms with Crippen LogP contribution < -0.4 is 20.1 Å². The van der Waals surface area contributed by atoms with Gasteiger partial charge in [-0.25, -0.2) is 4.98 Å². The molecular weight excluding hydrogens is 430 g/mol. The van der Waals surface area contributed by atoms with E-state index in [1.807, 2.05) is 54.6 Å². The van der Waals surface area contributed by atoms with Crippen molar-refractivity contribution in [2.45, 2.75) is 32.5 Å². The summed E-state index contributed by atoms with van der Waals surface area (Å²) in [6.07, 6.45) is 1.71. The number of pyridine rings is 1. The Hall–Kier alpha value is -3.91. The lowest BCUT2D eigenvalue weighted by Crippen LogP contribution is -2.15. The van der Waals surface area contributed by atoms with Gasteiger partial charge in [0, 0.05) is 25.4 Å². The van der Waals surface area contributed by atoms with E-state index in [-0.39, 0.29) is 0 Å². The number of ether oxygens (including phenoxy) is 2. The van der Waals surface area contributed by atoms with Crippen LogP contribution in [0.1, 0.15) is 30.5 Å². The summed E-state index contributed by atoms with van der Waals surface area (Å²) in [4.78, 5) is 13.7. The molecule has 8 heteroatoms. The van der Waals surface area contributed by atoms with Gasteiger partial charge >= 0.3 is 0 Å². The SMILES string of the molecule is COc1cc(CNc2nc(NCc3ccc(C(C)(C)O)cc3)nc3ncccc23)cc(OC)c1. The molecule has 4 rings (SSSR count). The second-order valence-corrected chi connectivity index (χ2v) is 8.45. The molecule has 2 heterocycles. The number of hydrogen-bond donors (Lipinski definition) is 3. The Labute approximate surface area is 199 Å². The van der Waals surface area contributed by atoms with Crippen molar-refractivity contribution in [3.63, 3.8) is 0 Å². The van der Waals surface area contributed by atoms with Crippen molar-refractivity contribution in [1.82, 2.24) is 15.0 Å². The zero-order valence-electron chi connectivity index (χ0n) is 19.8. The van der Waals surface area contributed by atoms with Gasteiger partial charge < -0.3 is 25.2 Å². The lowest BCUT2D eigenvalue weighted by molar-refractivity contribution is 0.0786. The molecule has 0 fully saturated rings. The van der Waals surface area contributed by atoms with Crippen LogP contribution in [0.4, 0.5) is 11.8 Å². The highest BCUT2D eigenvalue weighted by Crippen LogP contribution is 2.25. The van der Waals surface area contributed by atoms with Gasteiger partial charge in [-0.1, -0.05) is 24.3 Å². The maximum Gasteiger partial charge on any atom is 0.227 e. The Morgan fingerprint density at radius 1 is 0.853 bits per heavy atom. The largest absolute Gasteiger partial charge is 0.497 e. The Morgan fingerprint density at radius 3 is 2.18 bits per heavy atom. The third-order valence-electron chi connectivity index (χ3n) is 5.45. The first kappa shape index (κ1) is 23.3. The number of fused-ring (bicyclic) bond motifs is 1. The van der Waals surface area contributed by atoms with E-state index in [2.05, 4.69) is 20.6 Å². The number of methoxy groups -OCH3 is 2. The number of rotatable bonds is 9. The third-order valence-corrected chi connectivity index (χ3v) is 5.45. The highest BCUT2D eigenvalue weighted by atomic mass is 16.5. The van der Waals surface area contributed by atoms with Crippen molar-refractivity contribution in [2.75, 3.05) is 24.9 Å². The maximum atomic E-state index is 10.1. The summed E-state index contributed by atoms with van der Waals surface area (Å²) < 4.78 is 10.7. The van der Waals surface area contributed by atoms with Gasteiger partial charge in [0.15, 0.2) is 5.65 Å². The predicted octanol–water partition coefficient (Wildman–Crippen LogP) is 4.49. The van der Waals surface area contributed by atoms with Gasteiger partial charge in [-0.05, 0) is 54.8 Å². The van der Waals surface area contributed by atoms with E-state index in [1.54, 1.807) is 34.3 Å². The molecule has 0 saturated carbocycles. The molecule has 34 heavy (non-hydrogen) atoms. The van der Waals surface area contributed by atoms with Crippen LogP contribution in [0.15, 0.2) is 60.8 Å². The Balaban J connectivity index is 1.54. The van der Waals surface area contributed by atoms with Gasteiger partial charge in [0.1, 0.15) is 17.3 Å². The van der Waals surface area contributed by atoms with Crippen molar-refractivity contribution < 1.29 is 14.6 Å². The standard InChI is InChI=1S/C26H29N5O3/c1-26(2,32)19-9-7-17(8-10-19)15-29-25-30-23-22(6-5-11-27-23)24(31-25)28-16-18-12-20(33-3)14-21(13-18)34-4/h5-14,32H,15-16H2,1-4H3,(H2,27,28,29,30,31). The highest BCUT2D eigenvalue weighted by Gasteiger charge is 2.15. The third kappa shape index (κ3) is 5.52. The average molecular weight is 460 g/mol. The lowest BCUT2D eigenvalue weighted by Gasteiger charge is -2.18. The Bertz CT molecular complexity index is 1250. The van der Waals surface area contributed by atoms with Crippen molar-refractivity contribution >= 4 is 22.8 Å². The van der Waals surface area contributed by atoms with Crippen molar-refractivity contribution in [2.24, 2.45) is 0 Å². The van der Waals surface area contributed by atoms with Gasteiger partial charge in [-0.2, -0.15) is 9.97 Å². The molecule has 0 atom stereocenters. The van der Waals surface area contributed by atoms with Crippen LogP contribution in [0.3, 0.4) is 0 Å². The van der Waals surface area contributed by atoms with E-state index < -0.39 is 5.60 Å². The molecule has 0 amide bonds. The van der Waals surface area contributed by atoms with E-state index in [4.69, 9.17) is 14.5 Å². The van der Waals surface area contributed by atoms with E-state index in [0.29, 0.717) is 30.5 Å². The van der Waals surface area contributed by atoms with E-state index in [9.17, 15) is 5.11 Å². The normalized spacial score (nSPS) is 11.3. The number of benzene rings is 2. The quantitative estimate of drug-likeness (QED) is 0.336. The molecule has 2 aromatic carbocycles. The highest BCUT2D eigenvalue weighted by molar-refractivity contribution is 5.87. The minimum absolute atomic E-state index is 0.475. The summed E-state index contributed by atoms with van der Waals surface area (Å²) in [5.41, 5.74) is 2.64. The second kappa shape index (κ2) is 9.93. The molecule has 0 saturated heterocycles. The summed E-state index contributed by atoms with van der Waals surface area (Å²) >= 11 is 0. The smallest absolute Gasteiger partial charge is 0.227 e. The molecule has 3 N–H and O–H groups in total. The monoisotopic (exact) mass is 459 g/mol. The van der Waals surface area contributed by atoms with Crippen LogP contribution in [0.2, 0.25) is 0 Å². The fourth-order valence-corrected chi connectivity index (χ4v) is 3.54. The van der Waals surface area contributed by atoms with Crippen LogP contribution in [-0.2, 0) is 18.7 Å². The molecule has 8 nitrogen and oxygen atoms in total. The molecule has 4 aromatic rings. The van der Waals surface area contributed by atoms with Crippen molar-refractivity contribution in [3.05, 3.63) is 77.5 Å². The molecule has 176 valence electrons. The summed E-state index contributed by atoms with van der Waals surface area (Å²) in [7, 11) is 3.26. The zero-order valence-corrected chi connectivity index (χ0v) is 19.8. The van der Waals surface area contributed by atoms with Crippen LogP contribution in [0, 0.1) is 0 Å². The fourth-order valence-electron chi connectivity index (χ4n) is 3.54. The van der Waals surface area contributed by atoms with E-state index in [0.717, 1.165) is 33.6 Å². The first-order chi connectivity index (χ1) is 16.4. The van der Waals surface area contributed by atoms with Crippen LogP contribution in [0.5, 0.6) is 11.5 Å².